The lowest BCUT2D eigenvalue weighted by Crippen LogP contribution is -2.60. The lowest BCUT2D eigenvalue weighted by Gasteiger charge is -2.46. The molecule has 13 rings (SSSR count). The van der Waals surface area contributed by atoms with Crippen molar-refractivity contribution in [2.45, 2.75) is 117 Å². The molecule has 306 valence electrons. The fourth-order valence-electron chi connectivity index (χ4n) is 13.0. The molecular formula is C58H55BN2S. The monoisotopic (exact) mass is 822 g/mol. The summed E-state index contributed by atoms with van der Waals surface area (Å²) in [5.74, 6) is 0. The van der Waals surface area contributed by atoms with E-state index in [1.54, 1.807) is 5.56 Å². The zero-order valence-electron chi connectivity index (χ0n) is 38.0. The molecule has 2 aliphatic carbocycles. The molecule has 0 amide bonds. The summed E-state index contributed by atoms with van der Waals surface area (Å²) in [6.07, 6.45) is 4.82. The highest BCUT2D eigenvalue weighted by molar-refractivity contribution is 7.26. The number of aromatic nitrogens is 1. The predicted molar refractivity (Wildman–Crippen MR) is 270 cm³/mol. The minimum Gasteiger partial charge on any atom is -0.376 e. The van der Waals surface area contributed by atoms with Gasteiger partial charge in [-0.15, -0.1) is 11.3 Å². The number of anilines is 2. The van der Waals surface area contributed by atoms with Gasteiger partial charge in [0.15, 0.2) is 0 Å². The summed E-state index contributed by atoms with van der Waals surface area (Å²) in [6.45, 7) is 24.5. The highest BCUT2D eigenvalue weighted by Crippen LogP contribution is 2.55. The highest BCUT2D eigenvalue weighted by atomic mass is 32.1. The number of rotatable bonds is 1. The minimum absolute atomic E-state index is 0.00817. The Morgan fingerprint density at radius 1 is 0.532 bits per heavy atom. The Morgan fingerprint density at radius 2 is 1.19 bits per heavy atom. The van der Waals surface area contributed by atoms with E-state index >= 15 is 0 Å². The first kappa shape index (κ1) is 37.3. The molecule has 7 aromatic carbocycles. The maximum absolute atomic E-state index is 2.81. The van der Waals surface area contributed by atoms with Crippen LogP contribution in [0.2, 0.25) is 0 Å². The number of nitrogens with zero attached hydrogens (tertiary/aromatic N) is 2. The highest BCUT2D eigenvalue weighted by Gasteiger charge is 2.47. The second-order valence-electron chi connectivity index (χ2n) is 22.3. The summed E-state index contributed by atoms with van der Waals surface area (Å²) in [7, 11) is 0. The number of para-hydroxylation sites is 1. The van der Waals surface area contributed by atoms with Crippen LogP contribution in [0.15, 0.2) is 103 Å². The van der Waals surface area contributed by atoms with Crippen molar-refractivity contribution in [3.05, 3.63) is 137 Å². The Balaban J connectivity index is 1.21. The van der Waals surface area contributed by atoms with Crippen LogP contribution in [0.3, 0.4) is 0 Å². The van der Waals surface area contributed by atoms with Crippen LogP contribution in [-0.4, -0.2) is 11.4 Å². The van der Waals surface area contributed by atoms with E-state index in [1.807, 2.05) is 11.3 Å². The van der Waals surface area contributed by atoms with Gasteiger partial charge in [-0.05, 0) is 164 Å². The van der Waals surface area contributed by atoms with E-state index in [0.717, 1.165) is 0 Å². The molecule has 0 saturated heterocycles. The molecule has 0 atom stereocenters. The third kappa shape index (κ3) is 4.67. The molecule has 2 aliphatic heterocycles. The molecule has 0 saturated carbocycles. The van der Waals surface area contributed by atoms with Gasteiger partial charge in [-0.2, -0.15) is 0 Å². The Bertz CT molecular complexity index is 3520. The fourth-order valence-corrected chi connectivity index (χ4v) is 14.1. The molecular weight excluding hydrogens is 768 g/mol. The number of benzene rings is 7. The largest absolute Gasteiger partial charge is 0.376 e. The Labute approximate surface area is 370 Å². The standard InChI is InChI=1S/C58H55BN2S/c1-32-26-38-51-45(20-21-48-52(51)37-29-40-42(31-49(37)62-48)58(9,10)25-23-56(40,5)6)61(46-30-41-39(28-33(46)2)55(3,4)22-24-57(41,7)8)59-43-17-13-16-36-50-35-15-12-11-14-34(35)18-19-44(50)60(54(36)43)47(27-32)53(38)59/h11-21,26-31H,22-25H2,1-10H3. The number of aryl methyl sites for hydroxylation is 2. The zero-order chi connectivity index (χ0) is 42.6. The Morgan fingerprint density at radius 3 is 1.94 bits per heavy atom. The van der Waals surface area contributed by atoms with Gasteiger partial charge in [-0.3, -0.25) is 0 Å². The van der Waals surface area contributed by atoms with Gasteiger partial charge in [0, 0.05) is 53.6 Å². The molecule has 0 unspecified atom stereocenters. The van der Waals surface area contributed by atoms with E-state index in [-0.39, 0.29) is 28.5 Å². The van der Waals surface area contributed by atoms with Crippen LogP contribution < -0.4 is 15.7 Å². The SMILES string of the molecule is Cc1cc2c3c(c1)-n1c4ccc5ccccc5c4c4cccc(c41)B3N(c1cc3c(cc1C)C(C)(C)CCC3(C)C)c1ccc3sc4cc5c(cc4c3c1-2)C(C)(C)CCC5(C)C. The van der Waals surface area contributed by atoms with Crippen molar-refractivity contribution in [1.29, 1.82) is 0 Å². The maximum Gasteiger partial charge on any atom is 0.333 e. The summed E-state index contributed by atoms with van der Waals surface area (Å²) < 4.78 is 5.44. The predicted octanol–water partition coefficient (Wildman–Crippen LogP) is 14.9. The molecule has 2 nitrogen and oxygen atoms in total. The number of thiophene rings is 1. The van der Waals surface area contributed by atoms with E-state index in [2.05, 4.69) is 182 Å². The fraction of sp³-hybridized carbons (Fsp3) is 0.310. The second-order valence-corrected chi connectivity index (χ2v) is 23.4. The van der Waals surface area contributed by atoms with Gasteiger partial charge in [0.2, 0.25) is 0 Å². The first-order valence-corrected chi connectivity index (χ1v) is 23.9. The molecule has 0 bridgehead atoms. The van der Waals surface area contributed by atoms with Crippen molar-refractivity contribution in [3.63, 3.8) is 0 Å². The van der Waals surface area contributed by atoms with Crippen molar-refractivity contribution < 1.29 is 0 Å². The number of hydrogen-bond acceptors (Lipinski definition) is 2. The Hall–Kier alpha value is -5.32. The van der Waals surface area contributed by atoms with E-state index in [4.69, 9.17) is 0 Å². The average Bonchev–Trinajstić information content (AvgIpc) is 3.79. The van der Waals surface area contributed by atoms with Crippen LogP contribution in [0.25, 0.3) is 69.6 Å². The first-order valence-electron chi connectivity index (χ1n) is 23.1. The summed E-state index contributed by atoms with van der Waals surface area (Å²) in [6, 6.07) is 41.3. The second kappa shape index (κ2) is 11.8. The van der Waals surface area contributed by atoms with Crippen molar-refractivity contribution in [2.24, 2.45) is 0 Å². The van der Waals surface area contributed by atoms with E-state index in [0.29, 0.717) is 0 Å². The normalized spacial score (nSPS) is 18.7. The van der Waals surface area contributed by atoms with Crippen LogP contribution in [0, 0.1) is 13.8 Å². The molecule has 4 heterocycles. The molecule has 9 aromatic rings. The van der Waals surface area contributed by atoms with E-state index in [1.165, 1.54) is 145 Å². The van der Waals surface area contributed by atoms with Gasteiger partial charge in [0.05, 0.1) is 11.0 Å². The number of fused-ring (bicyclic) bond motifs is 15. The maximum atomic E-state index is 2.81. The minimum atomic E-state index is -0.00817. The van der Waals surface area contributed by atoms with E-state index in [9.17, 15) is 0 Å². The quantitative estimate of drug-likeness (QED) is 0.150. The van der Waals surface area contributed by atoms with Crippen molar-refractivity contribution in [1.82, 2.24) is 4.57 Å². The van der Waals surface area contributed by atoms with Gasteiger partial charge in [-0.1, -0.05) is 116 Å². The van der Waals surface area contributed by atoms with E-state index < -0.39 is 0 Å². The molecule has 0 spiro atoms. The molecule has 0 N–H and O–H groups in total. The summed E-state index contributed by atoms with van der Waals surface area (Å²) in [5, 5.41) is 8.15. The van der Waals surface area contributed by atoms with Crippen LogP contribution in [0.5, 0.6) is 0 Å². The topological polar surface area (TPSA) is 8.17 Å². The first-order chi connectivity index (χ1) is 29.5. The Kier molecular flexibility index (Phi) is 7.10. The smallest absolute Gasteiger partial charge is 0.333 e. The lowest BCUT2D eigenvalue weighted by atomic mass is 9.43. The van der Waals surface area contributed by atoms with Gasteiger partial charge in [0.1, 0.15) is 0 Å². The van der Waals surface area contributed by atoms with Gasteiger partial charge >= 0.3 is 6.85 Å². The molecule has 4 aliphatic rings. The number of hydrogen-bond donors (Lipinski definition) is 0. The van der Waals surface area contributed by atoms with Crippen molar-refractivity contribution >= 4 is 93.2 Å². The summed E-state index contributed by atoms with van der Waals surface area (Å²) in [5.41, 5.74) is 21.5. The average molecular weight is 823 g/mol. The van der Waals surface area contributed by atoms with Gasteiger partial charge in [0.25, 0.3) is 0 Å². The van der Waals surface area contributed by atoms with Gasteiger partial charge in [-0.25, -0.2) is 0 Å². The third-order valence-corrected chi connectivity index (χ3v) is 17.7. The molecule has 62 heavy (non-hydrogen) atoms. The lowest BCUT2D eigenvalue weighted by molar-refractivity contribution is 0.332. The molecule has 4 heteroatoms. The molecule has 0 radical (unpaired) electrons. The summed E-state index contributed by atoms with van der Waals surface area (Å²) >= 11 is 1.99. The van der Waals surface area contributed by atoms with Crippen LogP contribution in [0.1, 0.15) is 114 Å². The summed E-state index contributed by atoms with van der Waals surface area (Å²) in [4.78, 5) is 2.81. The van der Waals surface area contributed by atoms with Crippen LogP contribution in [0.4, 0.5) is 11.4 Å². The van der Waals surface area contributed by atoms with Crippen LogP contribution in [-0.2, 0) is 21.7 Å². The van der Waals surface area contributed by atoms with Gasteiger partial charge < -0.3 is 9.38 Å². The molecule has 0 fully saturated rings. The van der Waals surface area contributed by atoms with Crippen molar-refractivity contribution in [3.8, 4) is 16.8 Å². The molecule has 2 aromatic heterocycles. The van der Waals surface area contributed by atoms with Crippen molar-refractivity contribution in [2.75, 3.05) is 4.81 Å². The van der Waals surface area contributed by atoms with Crippen LogP contribution >= 0.6 is 11.3 Å². The zero-order valence-corrected chi connectivity index (χ0v) is 38.8. The third-order valence-electron chi connectivity index (χ3n) is 16.6.